The third kappa shape index (κ3) is 1.94. The minimum absolute atomic E-state index is 0.266. The summed E-state index contributed by atoms with van der Waals surface area (Å²) in [6.07, 6.45) is 2.25. The molecular weight excluding hydrogens is 282 g/mol. The lowest BCUT2D eigenvalue weighted by atomic mass is 10.0. The van der Waals surface area contributed by atoms with Gasteiger partial charge in [0.2, 0.25) is 0 Å². The summed E-state index contributed by atoms with van der Waals surface area (Å²) in [5, 5.41) is 1.76. The maximum Gasteiger partial charge on any atom is 0.348 e. The number of carbonyl (C=O) groups is 1. The number of esters is 1. The van der Waals surface area contributed by atoms with Crippen LogP contribution in [-0.4, -0.2) is 18.1 Å². The van der Waals surface area contributed by atoms with Gasteiger partial charge in [0.1, 0.15) is 9.71 Å². The van der Waals surface area contributed by atoms with E-state index in [2.05, 4.69) is 4.98 Å². The number of ether oxygens (including phenoxy) is 1. The molecule has 1 saturated carbocycles. The Bertz CT molecular complexity index is 689. The second-order valence-corrected chi connectivity index (χ2v) is 6.30. The number of hydrogen-bond acceptors (Lipinski definition) is 4. The number of methoxy groups -OCH3 is 1. The van der Waals surface area contributed by atoms with Gasteiger partial charge >= 0.3 is 5.97 Å². The van der Waals surface area contributed by atoms with Gasteiger partial charge in [0.25, 0.3) is 0 Å². The highest BCUT2D eigenvalue weighted by atomic mass is 35.5. The molecule has 19 heavy (non-hydrogen) atoms. The Labute approximate surface area is 120 Å². The molecule has 2 heterocycles. The van der Waals surface area contributed by atoms with Crippen molar-refractivity contribution in [2.24, 2.45) is 0 Å². The topological polar surface area (TPSA) is 39.2 Å². The van der Waals surface area contributed by atoms with Crippen LogP contribution in [-0.2, 0) is 4.74 Å². The normalized spacial score (nSPS) is 14.9. The van der Waals surface area contributed by atoms with Gasteiger partial charge in [-0.2, -0.15) is 0 Å². The third-order valence-corrected chi connectivity index (χ3v) is 5.21. The molecule has 0 aliphatic heterocycles. The maximum absolute atomic E-state index is 11.9. The van der Waals surface area contributed by atoms with E-state index in [0.717, 1.165) is 39.9 Å². The van der Waals surface area contributed by atoms with Gasteiger partial charge in [-0.15, -0.1) is 11.3 Å². The second kappa shape index (κ2) is 4.46. The molecular formula is C14H14ClNO2S. The molecule has 0 bridgehead atoms. The summed E-state index contributed by atoms with van der Waals surface area (Å²) < 4.78 is 4.90. The number of fused-ring (bicyclic) bond motifs is 1. The van der Waals surface area contributed by atoms with E-state index in [1.54, 1.807) is 0 Å². The summed E-state index contributed by atoms with van der Waals surface area (Å²) in [6.45, 7) is 3.89. The van der Waals surface area contributed by atoms with E-state index < -0.39 is 0 Å². The fourth-order valence-electron chi connectivity index (χ4n) is 2.46. The van der Waals surface area contributed by atoms with Gasteiger partial charge < -0.3 is 4.74 Å². The molecule has 3 nitrogen and oxygen atoms in total. The Morgan fingerprint density at radius 3 is 2.68 bits per heavy atom. The monoisotopic (exact) mass is 295 g/mol. The zero-order valence-corrected chi connectivity index (χ0v) is 12.6. The van der Waals surface area contributed by atoms with Crippen LogP contribution in [0, 0.1) is 13.8 Å². The molecule has 5 heteroatoms. The number of nitrogens with zero attached hydrogens (tertiary/aromatic N) is 1. The van der Waals surface area contributed by atoms with Gasteiger partial charge in [0.05, 0.1) is 17.8 Å². The van der Waals surface area contributed by atoms with Crippen LogP contribution in [0.3, 0.4) is 0 Å². The van der Waals surface area contributed by atoms with Gasteiger partial charge in [0.15, 0.2) is 0 Å². The third-order valence-electron chi connectivity index (χ3n) is 3.57. The number of carbonyl (C=O) groups excluding carboxylic acids is 1. The number of thiophene rings is 1. The highest BCUT2D eigenvalue weighted by Gasteiger charge is 2.33. The molecule has 3 rings (SSSR count). The molecule has 0 aromatic carbocycles. The Balaban J connectivity index is 2.37. The van der Waals surface area contributed by atoms with Crippen molar-refractivity contribution in [2.75, 3.05) is 7.11 Å². The zero-order valence-electron chi connectivity index (χ0n) is 11.0. The van der Waals surface area contributed by atoms with E-state index in [9.17, 15) is 4.79 Å². The molecule has 0 spiro atoms. The predicted molar refractivity (Wildman–Crippen MR) is 77.4 cm³/mol. The van der Waals surface area contributed by atoms with Gasteiger partial charge in [-0.3, -0.25) is 0 Å². The fourth-order valence-corrected chi connectivity index (χ4v) is 3.88. The standard InChI is InChI=1S/C14H14ClNO2S/c1-6-9-10(8-4-5-8)12(14(17)18-3)19-13(9)16-7(2)11(6)15/h8H,4-5H2,1-3H3. The Morgan fingerprint density at radius 1 is 1.42 bits per heavy atom. The first-order valence-electron chi connectivity index (χ1n) is 6.22. The summed E-state index contributed by atoms with van der Waals surface area (Å²) in [5.74, 6) is 0.195. The van der Waals surface area contributed by atoms with E-state index >= 15 is 0 Å². The number of aryl methyl sites for hydroxylation is 2. The molecule has 2 aromatic heterocycles. The van der Waals surface area contributed by atoms with E-state index in [0.29, 0.717) is 15.8 Å². The van der Waals surface area contributed by atoms with E-state index in [-0.39, 0.29) is 5.97 Å². The second-order valence-electron chi connectivity index (χ2n) is 4.93. The smallest absolute Gasteiger partial charge is 0.348 e. The number of hydrogen-bond donors (Lipinski definition) is 0. The van der Waals surface area contributed by atoms with Crippen LogP contribution >= 0.6 is 22.9 Å². The van der Waals surface area contributed by atoms with Crippen LogP contribution in [0.5, 0.6) is 0 Å². The van der Waals surface area contributed by atoms with E-state index in [4.69, 9.17) is 16.3 Å². The highest BCUT2D eigenvalue weighted by Crippen LogP contribution is 2.49. The van der Waals surface area contributed by atoms with Crippen molar-refractivity contribution >= 4 is 39.1 Å². The summed E-state index contributed by atoms with van der Waals surface area (Å²) in [4.78, 5) is 18.1. The molecule has 2 aromatic rings. The SMILES string of the molecule is COC(=O)c1sc2nc(C)c(Cl)c(C)c2c1C1CC1. The van der Waals surface area contributed by atoms with Crippen molar-refractivity contribution < 1.29 is 9.53 Å². The summed E-state index contributed by atoms with van der Waals surface area (Å²) in [7, 11) is 1.42. The zero-order chi connectivity index (χ0) is 13.7. The first kappa shape index (κ1) is 12.9. The minimum atomic E-state index is -0.266. The molecule has 1 fully saturated rings. The molecule has 0 atom stereocenters. The fraction of sp³-hybridized carbons (Fsp3) is 0.429. The summed E-state index contributed by atoms with van der Waals surface area (Å²) >= 11 is 7.72. The summed E-state index contributed by atoms with van der Waals surface area (Å²) in [5.41, 5.74) is 2.93. The van der Waals surface area contributed by atoms with Gasteiger partial charge in [0, 0.05) is 5.39 Å². The van der Waals surface area contributed by atoms with Crippen molar-refractivity contribution in [3.05, 3.63) is 26.7 Å². The maximum atomic E-state index is 11.9. The summed E-state index contributed by atoms with van der Waals surface area (Å²) in [6, 6.07) is 0. The van der Waals surface area contributed by atoms with Crippen LogP contribution in [0.2, 0.25) is 5.02 Å². The largest absolute Gasteiger partial charge is 0.465 e. The Morgan fingerprint density at radius 2 is 2.11 bits per heavy atom. The quantitative estimate of drug-likeness (QED) is 0.778. The lowest BCUT2D eigenvalue weighted by Crippen LogP contribution is -2.01. The average Bonchev–Trinajstić information content (AvgIpc) is 3.16. The van der Waals surface area contributed by atoms with Crippen molar-refractivity contribution in [3.63, 3.8) is 0 Å². The predicted octanol–water partition coefficient (Wildman–Crippen LogP) is 4.23. The minimum Gasteiger partial charge on any atom is -0.465 e. The first-order valence-corrected chi connectivity index (χ1v) is 7.41. The van der Waals surface area contributed by atoms with Crippen LogP contribution in [0.1, 0.15) is 45.3 Å². The molecule has 1 aliphatic carbocycles. The number of rotatable bonds is 2. The lowest BCUT2D eigenvalue weighted by molar-refractivity contribution is 0.0605. The van der Waals surface area contributed by atoms with Gasteiger partial charge in [-0.1, -0.05) is 11.6 Å². The average molecular weight is 296 g/mol. The molecule has 0 saturated heterocycles. The first-order chi connectivity index (χ1) is 9.04. The number of aromatic nitrogens is 1. The molecule has 1 aliphatic rings. The molecule has 0 radical (unpaired) electrons. The van der Waals surface area contributed by atoms with Crippen molar-refractivity contribution in [1.82, 2.24) is 4.98 Å². The van der Waals surface area contributed by atoms with Crippen molar-refractivity contribution in [1.29, 1.82) is 0 Å². The van der Waals surface area contributed by atoms with Crippen LogP contribution in [0.25, 0.3) is 10.2 Å². The van der Waals surface area contributed by atoms with Crippen molar-refractivity contribution in [2.45, 2.75) is 32.6 Å². The molecule has 0 unspecified atom stereocenters. The molecule has 0 amide bonds. The molecule has 100 valence electrons. The highest BCUT2D eigenvalue weighted by molar-refractivity contribution is 7.20. The van der Waals surface area contributed by atoms with Crippen LogP contribution in [0.4, 0.5) is 0 Å². The number of pyridine rings is 1. The lowest BCUT2D eigenvalue weighted by Gasteiger charge is -2.06. The van der Waals surface area contributed by atoms with E-state index in [1.807, 2.05) is 13.8 Å². The van der Waals surface area contributed by atoms with Crippen LogP contribution < -0.4 is 0 Å². The molecule has 0 N–H and O–H groups in total. The van der Waals surface area contributed by atoms with E-state index in [1.165, 1.54) is 18.4 Å². The Kier molecular flexibility index (Phi) is 3.02. The van der Waals surface area contributed by atoms with Crippen molar-refractivity contribution in [3.8, 4) is 0 Å². The number of halogens is 1. The Hall–Kier alpha value is -1.13. The van der Waals surface area contributed by atoms with Gasteiger partial charge in [-0.25, -0.2) is 9.78 Å². The van der Waals surface area contributed by atoms with Crippen LogP contribution in [0.15, 0.2) is 0 Å². The van der Waals surface area contributed by atoms with Gasteiger partial charge in [-0.05, 0) is 43.7 Å².